The first-order valence-electron chi connectivity index (χ1n) is 3.78. The molecule has 1 aliphatic heterocycles. The quantitative estimate of drug-likeness (QED) is 0.659. The Bertz CT molecular complexity index is 421. The zero-order chi connectivity index (χ0) is 10.3. The summed E-state index contributed by atoms with van der Waals surface area (Å²) in [5, 5.41) is 17.2. The molecule has 2 rings (SSSR count). The Morgan fingerprint density at radius 1 is 1.07 bits per heavy atom. The molecular weight excluding hydrogens is 186 g/mol. The van der Waals surface area contributed by atoms with Crippen LogP contribution in [0.1, 0.15) is 0 Å². The van der Waals surface area contributed by atoms with E-state index >= 15 is 0 Å². The van der Waals surface area contributed by atoms with Crippen molar-refractivity contribution in [1.29, 1.82) is 0 Å². The van der Waals surface area contributed by atoms with E-state index in [0.29, 0.717) is 11.3 Å². The SMILES string of the molecule is O=C(O)C1=CC2=NC(C(=O)O)=CC2=C1. The van der Waals surface area contributed by atoms with E-state index in [0.717, 1.165) is 0 Å². The summed E-state index contributed by atoms with van der Waals surface area (Å²) in [6, 6.07) is 0. The summed E-state index contributed by atoms with van der Waals surface area (Å²) in [4.78, 5) is 24.8. The highest BCUT2D eigenvalue weighted by Crippen LogP contribution is 2.24. The van der Waals surface area contributed by atoms with E-state index in [1.807, 2.05) is 0 Å². The maximum atomic E-state index is 10.5. The van der Waals surface area contributed by atoms with Gasteiger partial charge in [0, 0.05) is 5.57 Å². The lowest BCUT2D eigenvalue weighted by Gasteiger charge is -1.88. The van der Waals surface area contributed by atoms with Gasteiger partial charge in [0.2, 0.25) is 0 Å². The molecule has 5 nitrogen and oxygen atoms in total. The highest BCUT2D eigenvalue weighted by molar-refractivity contribution is 6.22. The summed E-state index contributed by atoms with van der Waals surface area (Å²) in [7, 11) is 0. The molecule has 0 radical (unpaired) electrons. The van der Waals surface area contributed by atoms with Gasteiger partial charge in [0.05, 0.1) is 11.3 Å². The number of rotatable bonds is 2. The van der Waals surface area contributed by atoms with Crippen molar-refractivity contribution in [2.75, 3.05) is 0 Å². The van der Waals surface area contributed by atoms with Crippen molar-refractivity contribution in [2.45, 2.75) is 0 Å². The smallest absolute Gasteiger partial charge is 0.354 e. The molecule has 70 valence electrons. The minimum Gasteiger partial charge on any atom is -0.478 e. The van der Waals surface area contributed by atoms with Crippen LogP contribution < -0.4 is 0 Å². The van der Waals surface area contributed by atoms with Crippen molar-refractivity contribution >= 4 is 17.7 Å². The Morgan fingerprint density at radius 2 is 1.79 bits per heavy atom. The van der Waals surface area contributed by atoms with E-state index in [4.69, 9.17) is 10.2 Å². The first-order valence-corrected chi connectivity index (χ1v) is 3.78. The molecule has 5 heteroatoms. The lowest BCUT2D eigenvalue weighted by molar-refractivity contribution is -0.133. The van der Waals surface area contributed by atoms with Crippen LogP contribution in [0, 0.1) is 0 Å². The van der Waals surface area contributed by atoms with Crippen LogP contribution in [0.25, 0.3) is 0 Å². The first kappa shape index (κ1) is 8.43. The Kier molecular flexibility index (Phi) is 1.60. The van der Waals surface area contributed by atoms with E-state index in [9.17, 15) is 9.59 Å². The first-order chi connectivity index (χ1) is 6.58. The summed E-state index contributed by atoms with van der Waals surface area (Å²) in [5.74, 6) is -2.15. The van der Waals surface area contributed by atoms with Crippen LogP contribution >= 0.6 is 0 Å². The second-order valence-electron chi connectivity index (χ2n) is 2.84. The number of fused-ring (bicyclic) bond motifs is 1. The predicted molar refractivity (Wildman–Crippen MR) is 47.0 cm³/mol. The Balaban J connectivity index is 2.35. The molecule has 14 heavy (non-hydrogen) atoms. The fourth-order valence-corrected chi connectivity index (χ4v) is 1.27. The molecule has 2 N–H and O–H groups in total. The third kappa shape index (κ3) is 1.15. The molecule has 0 saturated heterocycles. The number of hydrogen-bond acceptors (Lipinski definition) is 3. The number of carboxylic acids is 2. The van der Waals surface area contributed by atoms with Gasteiger partial charge < -0.3 is 10.2 Å². The number of nitrogens with zero attached hydrogens (tertiary/aromatic N) is 1. The molecule has 0 fully saturated rings. The van der Waals surface area contributed by atoms with Gasteiger partial charge in [0.1, 0.15) is 5.70 Å². The molecule has 0 aromatic rings. The largest absolute Gasteiger partial charge is 0.478 e. The number of aliphatic carboxylic acids is 2. The van der Waals surface area contributed by atoms with E-state index in [-0.39, 0.29) is 11.3 Å². The number of allylic oxidation sites excluding steroid dienone is 3. The Labute approximate surface area is 78.4 Å². The average molecular weight is 191 g/mol. The van der Waals surface area contributed by atoms with Crippen molar-refractivity contribution in [2.24, 2.45) is 4.99 Å². The molecule has 0 amide bonds. The van der Waals surface area contributed by atoms with Gasteiger partial charge in [-0.1, -0.05) is 0 Å². The fraction of sp³-hybridized carbons (Fsp3) is 0. The second kappa shape index (κ2) is 2.66. The van der Waals surface area contributed by atoms with Gasteiger partial charge in [-0.25, -0.2) is 14.6 Å². The van der Waals surface area contributed by atoms with Gasteiger partial charge in [-0.15, -0.1) is 0 Å². The fourth-order valence-electron chi connectivity index (χ4n) is 1.27. The normalized spacial score (nSPS) is 18.0. The van der Waals surface area contributed by atoms with Crippen LogP contribution in [0.3, 0.4) is 0 Å². The molecule has 2 aliphatic rings. The number of carbonyl (C=O) groups is 2. The van der Waals surface area contributed by atoms with Gasteiger partial charge in [-0.2, -0.15) is 0 Å². The van der Waals surface area contributed by atoms with Crippen LogP contribution in [0.4, 0.5) is 0 Å². The van der Waals surface area contributed by atoms with Crippen molar-refractivity contribution in [3.8, 4) is 0 Å². The summed E-state index contributed by atoms with van der Waals surface area (Å²) in [5.41, 5.74) is 1.01. The van der Waals surface area contributed by atoms with E-state index in [1.165, 1.54) is 18.2 Å². The third-order valence-corrected chi connectivity index (χ3v) is 1.90. The van der Waals surface area contributed by atoms with E-state index in [2.05, 4.69) is 4.99 Å². The van der Waals surface area contributed by atoms with Crippen LogP contribution in [0.15, 0.2) is 40.1 Å². The molecule has 0 saturated carbocycles. The number of carboxylic acid groups (broad SMARTS) is 2. The van der Waals surface area contributed by atoms with Crippen molar-refractivity contribution in [1.82, 2.24) is 0 Å². The molecular formula is C9H5NO4. The van der Waals surface area contributed by atoms with Crippen LogP contribution in [-0.2, 0) is 9.59 Å². The molecule has 0 spiro atoms. The number of hydrogen-bond donors (Lipinski definition) is 2. The van der Waals surface area contributed by atoms with Gasteiger partial charge in [0.25, 0.3) is 0 Å². The zero-order valence-corrected chi connectivity index (χ0v) is 6.89. The Hall–Kier alpha value is -2.17. The van der Waals surface area contributed by atoms with Gasteiger partial charge in [-0.3, -0.25) is 0 Å². The van der Waals surface area contributed by atoms with Gasteiger partial charge in [-0.05, 0) is 18.2 Å². The van der Waals surface area contributed by atoms with E-state index in [1.54, 1.807) is 0 Å². The maximum absolute atomic E-state index is 10.5. The molecule has 0 unspecified atom stereocenters. The molecule has 0 bridgehead atoms. The van der Waals surface area contributed by atoms with E-state index < -0.39 is 11.9 Å². The minimum atomic E-state index is -1.11. The minimum absolute atomic E-state index is 0.0630. The molecule has 1 aliphatic carbocycles. The molecule has 0 aromatic carbocycles. The molecule has 1 heterocycles. The summed E-state index contributed by atoms with van der Waals surface area (Å²) in [6.45, 7) is 0. The summed E-state index contributed by atoms with van der Waals surface area (Å²) in [6.07, 6.45) is 4.10. The van der Waals surface area contributed by atoms with Crippen molar-refractivity contribution in [3.05, 3.63) is 35.1 Å². The standard InChI is InChI=1S/C9H5NO4/c11-8(12)5-1-4-2-7(9(13)14)10-6(4)3-5/h1-3H,(H,11,12)(H,13,14). The number of aliphatic imine (C=N–C) groups is 1. The molecule has 0 aromatic heterocycles. The van der Waals surface area contributed by atoms with Crippen molar-refractivity contribution in [3.63, 3.8) is 0 Å². The predicted octanol–water partition coefficient (Wildman–Crippen LogP) is 0.361. The highest BCUT2D eigenvalue weighted by Gasteiger charge is 2.23. The maximum Gasteiger partial charge on any atom is 0.354 e. The van der Waals surface area contributed by atoms with Crippen molar-refractivity contribution < 1.29 is 19.8 Å². The second-order valence-corrected chi connectivity index (χ2v) is 2.84. The summed E-state index contributed by atoms with van der Waals surface area (Å²) < 4.78 is 0. The van der Waals surface area contributed by atoms with Crippen LogP contribution in [0.5, 0.6) is 0 Å². The molecule has 0 atom stereocenters. The van der Waals surface area contributed by atoms with Gasteiger partial charge >= 0.3 is 11.9 Å². The average Bonchev–Trinajstić information content (AvgIpc) is 2.57. The monoisotopic (exact) mass is 191 g/mol. The lowest BCUT2D eigenvalue weighted by atomic mass is 10.2. The van der Waals surface area contributed by atoms with Gasteiger partial charge in [0.15, 0.2) is 0 Å². The summed E-state index contributed by atoms with van der Waals surface area (Å²) >= 11 is 0. The zero-order valence-electron chi connectivity index (χ0n) is 6.89. The highest BCUT2D eigenvalue weighted by atomic mass is 16.4. The topological polar surface area (TPSA) is 87.0 Å². The Morgan fingerprint density at radius 3 is 2.29 bits per heavy atom. The van der Waals surface area contributed by atoms with Crippen LogP contribution in [0.2, 0.25) is 0 Å². The third-order valence-electron chi connectivity index (χ3n) is 1.90. The lowest BCUT2D eigenvalue weighted by Crippen LogP contribution is -1.97. The van der Waals surface area contributed by atoms with Crippen LogP contribution in [-0.4, -0.2) is 27.9 Å².